The first kappa shape index (κ1) is 17.6. The summed E-state index contributed by atoms with van der Waals surface area (Å²) in [7, 11) is 0. The van der Waals surface area contributed by atoms with Crippen LogP contribution in [0.4, 0.5) is 10.5 Å². The number of ether oxygens (including phenoxy) is 1. The molecule has 126 valence electrons. The fourth-order valence-corrected chi connectivity index (χ4v) is 2.09. The molecule has 0 bridgehead atoms. The van der Waals surface area contributed by atoms with E-state index in [1.165, 1.54) is 0 Å². The number of aryl methyl sites for hydroxylation is 2. The highest BCUT2D eigenvalue weighted by molar-refractivity contribution is 6.30. The lowest BCUT2D eigenvalue weighted by atomic mass is 10.1. The minimum Gasteiger partial charge on any atom is -0.483 e. The van der Waals surface area contributed by atoms with Crippen LogP contribution >= 0.6 is 11.6 Å². The van der Waals surface area contributed by atoms with E-state index in [4.69, 9.17) is 16.3 Å². The molecule has 0 radical (unpaired) electrons. The maximum Gasteiger partial charge on any atom is 0.337 e. The van der Waals surface area contributed by atoms with Crippen LogP contribution in [0.2, 0.25) is 5.02 Å². The number of anilines is 1. The Bertz CT molecular complexity index is 732. The highest BCUT2D eigenvalue weighted by Crippen LogP contribution is 2.18. The van der Waals surface area contributed by atoms with Crippen LogP contribution < -0.4 is 20.9 Å². The van der Waals surface area contributed by atoms with Crippen LogP contribution in [0.15, 0.2) is 42.5 Å². The van der Waals surface area contributed by atoms with Gasteiger partial charge in [-0.25, -0.2) is 10.2 Å². The summed E-state index contributed by atoms with van der Waals surface area (Å²) in [5.41, 5.74) is 7.12. The summed E-state index contributed by atoms with van der Waals surface area (Å²) in [5.74, 6) is 0.155. The van der Waals surface area contributed by atoms with E-state index in [1.54, 1.807) is 30.3 Å². The molecule has 2 aromatic carbocycles. The second-order valence-corrected chi connectivity index (χ2v) is 5.63. The Hall–Kier alpha value is -2.73. The van der Waals surface area contributed by atoms with E-state index in [1.807, 2.05) is 26.0 Å². The molecule has 2 aromatic rings. The van der Waals surface area contributed by atoms with Gasteiger partial charge in [0.15, 0.2) is 6.61 Å². The van der Waals surface area contributed by atoms with E-state index in [9.17, 15) is 9.59 Å². The highest BCUT2D eigenvalue weighted by atomic mass is 35.5. The van der Waals surface area contributed by atoms with E-state index < -0.39 is 11.9 Å². The Kier molecular flexibility index (Phi) is 6.03. The summed E-state index contributed by atoms with van der Waals surface area (Å²) in [5, 5.41) is 3.12. The van der Waals surface area contributed by atoms with Crippen molar-refractivity contribution in [2.75, 3.05) is 11.9 Å². The van der Waals surface area contributed by atoms with Crippen LogP contribution in [-0.4, -0.2) is 18.5 Å². The molecule has 0 aliphatic heterocycles. The Morgan fingerprint density at radius 2 is 1.75 bits per heavy atom. The van der Waals surface area contributed by atoms with Crippen LogP contribution in [-0.2, 0) is 4.79 Å². The van der Waals surface area contributed by atoms with Crippen molar-refractivity contribution < 1.29 is 14.3 Å². The number of amides is 3. The van der Waals surface area contributed by atoms with Crippen molar-refractivity contribution >= 4 is 29.2 Å². The summed E-state index contributed by atoms with van der Waals surface area (Å²) in [4.78, 5) is 23.4. The third kappa shape index (κ3) is 5.48. The van der Waals surface area contributed by atoms with E-state index >= 15 is 0 Å². The van der Waals surface area contributed by atoms with Crippen molar-refractivity contribution in [3.8, 4) is 5.75 Å². The van der Waals surface area contributed by atoms with Crippen molar-refractivity contribution in [1.82, 2.24) is 10.9 Å². The lowest BCUT2D eigenvalue weighted by molar-refractivity contribution is -0.123. The van der Waals surface area contributed by atoms with Crippen LogP contribution in [0.1, 0.15) is 11.1 Å². The van der Waals surface area contributed by atoms with Gasteiger partial charge >= 0.3 is 6.03 Å². The van der Waals surface area contributed by atoms with Crippen molar-refractivity contribution in [2.45, 2.75) is 13.8 Å². The first-order valence-corrected chi connectivity index (χ1v) is 7.63. The first-order chi connectivity index (χ1) is 11.4. The molecular formula is C17H18ClN3O3. The van der Waals surface area contributed by atoms with Crippen LogP contribution in [0.3, 0.4) is 0 Å². The van der Waals surface area contributed by atoms with E-state index in [0.29, 0.717) is 16.5 Å². The molecule has 3 N–H and O–H groups in total. The van der Waals surface area contributed by atoms with Gasteiger partial charge in [-0.3, -0.25) is 10.2 Å². The second-order valence-electron chi connectivity index (χ2n) is 5.19. The van der Waals surface area contributed by atoms with Crippen molar-refractivity contribution in [3.63, 3.8) is 0 Å². The van der Waals surface area contributed by atoms with Gasteiger partial charge in [0, 0.05) is 10.7 Å². The molecule has 0 fully saturated rings. The predicted molar refractivity (Wildman–Crippen MR) is 93.2 cm³/mol. The number of halogens is 1. The number of benzene rings is 2. The van der Waals surface area contributed by atoms with Crippen molar-refractivity contribution in [1.29, 1.82) is 0 Å². The quantitative estimate of drug-likeness (QED) is 0.743. The van der Waals surface area contributed by atoms with Crippen LogP contribution in [0.25, 0.3) is 0 Å². The molecule has 2 rings (SSSR count). The third-order valence-electron chi connectivity index (χ3n) is 3.11. The van der Waals surface area contributed by atoms with Crippen LogP contribution in [0, 0.1) is 13.8 Å². The van der Waals surface area contributed by atoms with Gasteiger partial charge in [0.1, 0.15) is 5.75 Å². The van der Waals surface area contributed by atoms with E-state index in [0.717, 1.165) is 11.1 Å². The number of hydrogen-bond acceptors (Lipinski definition) is 3. The zero-order valence-corrected chi connectivity index (χ0v) is 14.1. The fourth-order valence-electron chi connectivity index (χ4n) is 1.96. The lowest BCUT2D eigenvalue weighted by Crippen LogP contribution is -2.45. The van der Waals surface area contributed by atoms with Crippen molar-refractivity contribution in [3.05, 3.63) is 58.6 Å². The topological polar surface area (TPSA) is 79.5 Å². The smallest absolute Gasteiger partial charge is 0.337 e. The van der Waals surface area contributed by atoms with Gasteiger partial charge in [0.05, 0.1) is 0 Å². The number of hydrazine groups is 1. The Morgan fingerprint density at radius 1 is 1.04 bits per heavy atom. The summed E-state index contributed by atoms with van der Waals surface area (Å²) in [6, 6.07) is 11.7. The number of rotatable bonds is 4. The molecule has 24 heavy (non-hydrogen) atoms. The number of carbonyl (C=O) groups excluding carboxylic acids is 2. The average molecular weight is 348 g/mol. The molecule has 0 spiro atoms. The van der Waals surface area contributed by atoms with Gasteiger partial charge in [-0.05, 0) is 49.7 Å². The molecule has 0 saturated heterocycles. The second kappa shape index (κ2) is 8.21. The summed E-state index contributed by atoms with van der Waals surface area (Å²) < 4.78 is 5.42. The summed E-state index contributed by atoms with van der Waals surface area (Å²) in [6.45, 7) is 3.68. The highest BCUT2D eigenvalue weighted by Gasteiger charge is 2.07. The third-order valence-corrected chi connectivity index (χ3v) is 3.36. The molecule has 0 aliphatic rings. The summed E-state index contributed by atoms with van der Waals surface area (Å²) >= 11 is 5.76. The zero-order valence-electron chi connectivity index (χ0n) is 13.4. The number of urea groups is 1. The van der Waals surface area contributed by atoms with Gasteiger partial charge in [0.2, 0.25) is 0 Å². The Labute approximate surface area is 145 Å². The molecule has 0 aromatic heterocycles. The minimum absolute atomic E-state index is 0.203. The molecule has 7 heteroatoms. The molecule has 0 saturated carbocycles. The first-order valence-electron chi connectivity index (χ1n) is 7.25. The monoisotopic (exact) mass is 347 g/mol. The van der Waals surface area contributed by atoms with Gasteiger partial charge in [-0.1, -0.05) is 29.3 Å². The van der Waals surface area contributed by atoms with E-state index in [2.05, 4.69) is 16.2 Å². The Balaban J connectivity index is 1.74. The van der Waals surface area contributed by atoms with Gasteiger partial charge < -0.3 is 10.1 Å². The molecular weight excluding hydrogens is 330 g/mol. The Morgan fingerprint density at radius 3 is 2.42 bits per heavy atom. The minimum atomic E-state index is -0.572. The number of nitrogens with one attached hydrogen (secondary N) is 3. The maximum absolute atomic E-state index is 11.7. The molecule has 6 nitrogen and oxygen atoms in total. The van der Waals surface area contributed by atoms with Gasteiger partial charge in [0.25, 0.3) is 5.91 Å². The van der Waals surface area contributed by atoms with E-state index in [-0.39, 0.29) is 6.61 Å². The number of carbonyl (C=O) groups is 2. The summed E-state index contributed by atoms with van der Waals surface area (Å²) in [6.07, 6.45) is 0. The zero-order chi connectivity index (χ0) is 17.5. The largest absolute Gasteiger partial charge is 0.483 e. The standard InChI is InChI=1S/C17H18ClN3O3/c1-11-3-8-15(12(2)9-11)24-10-16(22)20-21-17(23)19-14-6-4-13(18)5-7-14/h3-9H,10H2,1-2H3,(H,20,22)(H2,19,21,23). The van der Waals surface area contributed by atoms with Crippen LogP contribution in [0.5, 0.6) is 5.75 Å². The lowest BCUT2D eigenvalue weighted by Gasteiger charge is -2.11. The molecule has 0 aliphatic carbocycles. The maximum atomic E-state index is 11.7. The van der Waals surface area contributed by atoms with Crippen molar-refractivity contribution in [2.24, 2.45) is 0 Å². The van der Waals surface area contributed by atoms with Gasteiger partial charge in [-0.2, -0.15) is 0 Å². The predicted octanol–water partition coefficient (Wildman–Crippen LogP) is 3.19. The normalized spacial score (nSPS) is 9.96. The molecule has 0 unspecified atom stereocenters. The molecule has 0 heterocycles. The van der Waals surface area contributed by atoms with Gasteiger partial charge in [-0.15, -0.1) is 0 Å². The number of hydrogen-bond donors (Lipinski definition) is 3. The fraction of sp³-hybridized carbons (Fsp3) is 0.176. The SMILES string of the molecule is Cc1ccc(OCC(=O)NNC(=O)Nc2ccc(Cl)cc2)c(C)c1. The average Bonchev–Trinajstić information content (AvgIpc) is 2.54. The molecule has 0 atom stereocenters. The molecule has 3 amide bonds.